The SMILES string of the molecule is CCOc1ccc(/C=C2\C(=O)N(c3ccccc3)N=C2C)c(OCC)c1. The maximum absolute atomic E-state index is 12.8. The molecule has 0 unspecified atom stereocenters. The maximum Gasteiger partial charge on any atom is 0.280 e. The Morgan fingerprint density at radius 3 is 2.46 bits per heavy atom. The fourth-order valence-corrected chi connectivity index (χ4v) is 2.75. The summed E-state index contributed by atoms with van der Waals surface area (Å²) in [4.78, 5) is 12.8. The van der Waals surface area contributed by atoms with Gasteiger partial charge in [0.05, 0.1) is 30.2 Å². The number of nitrogens with zero attached hydrogens (tertiary/aromatic N) is 2. The Hall–Kier alpha value is -3.08. The van der Waals surface area contributed by atoms with Crippen LogP contribution < -0.4 is 14.5 Å². The minimum atomic E-state index is -0.148. The molecule has 0 saturated carbocycles. The molecule has 1 aliphatic rings. The van der Waals surface area contributed by atoms with Gasteiger partial charge >= 0.3 is 0 Å². The Morgan fingerprint density at radius 2 is 1.77 bits per heavy atom. The molecule has 1 heterocycles. The predicted octanol–water partition coefficient (Wildman–Crippen LogP) is 4.29. The number of ether oxygens (including phenoxy) is 2. The van der Waals surface area contributed by atoms with E-state index < -0.39 is 0 Å². The van der Waals surface area contributed by atoms with Crippen molar-refractivity contribution in [2.75, 3.05) is 18.2 Å². The van der Waals surface area contributed by atoms with Crippen LogP contribution in [0.15, 0.2) is 59.2 Å². The molecular formula is C21H22N2O3. The quantitative estimate of drug-likeness (QED) is 0.730. The summed E-state index contributed by atoms with van der Waals surface area (Å²) < 4.78 is 11.3. The van der Waals surface area contributed by atoms with Crippen molar-refractivity contribution in [3.05, 3.63) is 59.7 Å². The summed E-state index contributed by atoms with van der Waals surface area (Å²) in [6.07, 6.45) is 1.82. The first-order chi connectivity index (χ1) is 12.6. The predicted molar refractivity (Wildman–Crippen MR) is 104 cm³/mol. The van der Waals surface area contributed by atoms with Gasteiger partial charge in [-0.25, -0.2) is 0 Å². The topological polar surface area (TPSA) is 51.1 Å². The lowest BCUT2D eigenvalue weighted by atomic mass is 10.1. The number of hydrogen-bond acceptors (Lipinski definition) is 4. The van der Waals surface area contributed by atoms with Crippen LogP contribution >= 0.6 is 0 Å². The third-order valence-electron chi connectivity index (χ3n) is 3.96. The lowest BCUT2D eigenvalue weighted by Crippen LogP contribution is -2.21. The highest BCUT2D eigenvalue weighted by atomic mass is 16.5. The van der Waals surface area contributed by atoms with Gasteiger partial charge in [0, 0.05) is 11.6 Å². The number of para-hydroxylation sites is 1. The molecule has 0 bridgehead atoms. The van der Waals surface area contributed by atoms with Crippen LogP contribution in [0.5, 0.6) is 11.5 Å². The third kappa shape index (κ3) is 3.61. The number of carbonyl (C=O) groups is 1. The van der Waals surface area contributed by atoms with Gasteiger partial charge in [-0.05, 0) is 51.1 Å². The molecule has 2 aromatic rings. The fraction of sp³-hybridized carbons (Fsp3) is 0.238. The molecule has 134 valence electrons. The van der Waals surface area contributed by atoms with Gasteiger partial charge in [0.1, 0.15) is 11.5 Å². The number of carbonyl (C=O) groups excluding carboxylic acids is 1. The summed E-state index contributed by atoms with van der Waals surface area (Å²) in [6.45, 7) is 6.81. The first kappa shape index (κ1) is 17.7. The molecule has 5 nitrogen and oxygen atoms in total. The molecule has 1 aliphatic heterocycles. The van der Waals surface area contributed by atoms with Gasteiger partial charge in [-0.15, -0.1) is 0 Å². The van der Waals surface area contributed by atoms with E-state index in [4.69, 9.17) is 9.47 Å². The van der Waals surface area contributed by atoms with Crippen molar-refractivity contribution in [3.8, 4) is 11.5 Å². The Kier molecular flexibility index (Phi) is 5.37. The lowest BCUT2D eigenvalue weighted by Gasteiger charge is -2.12. The smallest absolute Gasteiger partial charge is 0.280 e. The average molecular weight is 350 g/mol. The molecule has 26 heavy (non-hydrogen) atoms. The molecule has 1 amide bonds. The van der Waals surface area contributed by atoms with Crippen LogP contribution in [0.3, 0.4) is 0 Å². The summed E-state index contributed by atoms with van der Waals surface area (Å²) in [7, 11) is 0. The van der Waals surface area contributed by atoms with Crippen LogP contribution in [0.25, 0.3) is 6.08 Å². The molecule has 0 saturated heterocycles. The molecule has 0 aromatic heterocycles. The van der Waals surface area contributed by atoms with E-state index in [2.05, 4.69) is 5.10 Å². The van der Waals surface area contributed by atoms with Crippen molar-refractivity contribution in [2.24, 2.45) is 5.10 Å². The average Bonchev–Trinajstić information content (AvgIpc) is 2.93. The largest absolute Gasteiger partial charge is 0.494 e. The number of hydrogen-bond donors (Lipinski definition) is 0. The zero-order valence-electron chi connectivity index (χ0n) is 15.2. The van der Waals surface area contributed by atoms with E-state index in [9.17, 15) is 4.79 Å². The van der Waals surface area contributed by atoms with E-state index >= 15 is 0 Å². The van der Waals surface area contributed by atoms with E-state index in [0.29, 0.717) is 30.2 Å². The van der Waals surface area contributed by atoms with Gasteiger partial charge in [-0.2, -0.15) is 10.1 Å². The molecule has 0 spiro atoms. The standard InChI is InChI=1S/C21H22N2O3/c1-4-25-18-12-11-16(20(14-18)26-5-2)13-19-15(3)22-23(21(19)24)17-9-7-6-8-10-17/h6-14H,4-5H2,1-3H3/b19-13-. The maximum atomic E-state index is 12.8. The summed E-state index contributed by atoms with van der Waals surface area (Å²) in [5.74, 6) is 1.28. The van der Waals surface area contributed by atoms with Crippen LogP contribution in [0.2, 0.25) is 0 Å². The molecule has 0 radical (unpaired) electrons. The number of rotatable bonds is 6. The number of anilines is 1. The Labute approximate surface area is 153 Å². The van der Waals surface area contributed by atoms with Crippen molar-refractivity contribution >= 4 is 23.4 Å². The van der Waals surface area contributed by atoms with E-state index in [1.165, 1.54) is 5.01 Å². The van der Waals surface area contributed by atoms with Crippen LogP contribution in [-0.4, -0.2) is 24.8 Å². The molecule has 0 fully saturated rings. The summed E-state index contributed by atoms with van der Waals surface area (Å²) in [6, 6.07) is 15.0. The van der Waals surface area contributed by atoms with Gasteiger partial charge in [0.15, 0.2) is 0 Å². The van der Waals surface area contributed by atoms with Crippen molar-refractivity contribution in [1.29, 1.82) is 0 Å². The number of benzene rings is 2. The Bertz CT molecular complexity index is 857. The first-order valence-electron chi connectivity index (χ1n) is 8.70. The number of hydrazone groups is 1. The van der Waals surface area contributed by atoms with Gasteiger partial charge in [-0.3, -0.25) is 4.79 Å². The molecule has 0 N–H and O–H groups in total. The molecule has 5 heteroatoms. The van der Waals surface area contributed by atoms with Crippen LogP contribution in [0.1, 0.15) is 26.3 Å². The molecule has 2 aromatic carbocycles. The Morgan fingerprint density at radius 1 is 1.04 bits per heavy atom. The highest BCUT2D eigenvalue weighted by Crippen LogP contribution is 2.30. The fourth-order valence-electron chi connectivity index (χ4n) is 2.75. The second-order valence-corrected chi connectivity index (χ2v) is 5.76. The van der Waals surface area contributed by atoms with E-state index in [1.54, 1.807) is 0 Å². The second kappa shape index (κ2) is 7.87. The van der Waals surface area contributed by atoms with E-state index in [0.717, 1.165) is 17.0 Å². The molecule has 0 atom stereocenters. The van der Waals surface area contributed by atoms with Crippen molar-refractivity contribution in [1.82, 2.24) is 0 Å². The third-order valence-corrected chi connectivity index (χ3v) is 3.96. The Balaban J connectivity index is 1.95. The highest BCUT2D eigenvalue weighted by Gasteiger charge is 2.28. The molecule has 3 rings (SSSR count). The van der Waals surface area contributed by atoms with Gasteiger partial charge < -0.3 is 9.47 Å². The highest BCUT2D eigenvalue weighted by molar-refractivity contribution is 6.32. The second-order valence-electron chi connectivity index (χ2n) is 5.76. The van der Waals surface area contributed by atoms with Crippen LogP contribution in [0.4, 0.5) is 5.69 Å². The minimum Gasteiger partial charge on any atom is -0.494 e. The van der Waals surface area contributed by atoms with Crippen molar-refractivity contribution < 1.29 is 14.3 Å². The minimum absolute atomic E-state index is 0.148. The lowest BCUT2D eigenvalue weighted by molar-refractivity contribution is -0.114. The monoisotopic (exact) mass is 350 g/mol. The van der Waals surface area contributed by atoms with Gasteiger partial charge in [-0.1, -0.05) is 18.2 Å². The summed E-state index contributed by atoms with van der Waals surface area (Å²) in [5, 5.41) is 5.83. The van der Waals surface area contributed by atoms with Crippen LogP contribution in [0, 0.1) is 0 Å². The van der Waals surface area contributed by atoms with Crippen molar-refractivity contribution in [2.45, 2.75) is 20.8 Å². The first-order valence-corrected chi connectivity index (χ1v) is 8.70. The van der Waals surface area contributed by atoms with Gasteiger partial charge in [0.25, 0.3) is 5.91 Å². The van der Waals surface area contributed by atoms with Crippen LogP contribution in [-0.2, 0) is 4.79 Å². The molecule has 0 aliphatic carbocycles. The normalized spacial score (nSPS) is 15.3. The van der Waals surface area contributed by atoms with Crippen molar-refractivity contribution in [3.63, 3.8) is 0 Å². The van der Waals surface area contributed by atoms with E-state index in [1.807, 2.05) is 75.4 Å². The molecular weight excluding hydrogens is 328 g/mol. The summed E-state index contributed by atoms with van der Waals surface area (Å²) in [5.41, 5.74) is 2.80. The zero-order chi connectivity index (χ0) is 18.5. The van der Waals surface area contributed by atoms with E-state index in [-0.39, 0.29) is 5.91 Å². The summed E-state index contributed by atoms with van der Waals surface area (Å²) >= 11 is 0. The van der Waals surface area contributed by atoms with Gasteiger partial charge in [0.2, 0.25) is 0 Å². The number of amides is 1. The zero-order valence-corrected chi connectivity index (χ0v) is 15.2.